The third kappa shape index (κ3) is 4.63. The number of likely N-dealkylation sites (tertiary alicyclic amines) is 1. The van der Waals surface area contributed by atoms with Crippen molar-refractivity contribution in [2.75, 3.05) is 56.2 Å². The second-order valence-corrected chi connectivity index (χ2v) is 8.25. The van der Waals surface area contributed by atoms with Gasteiger partial charge in [0.05, 0.1) is 30.8 Å². The number of ether oxygens (including phenoxy) is 1. The molecule has 0 unspecified atom stereocenters. The smallest absolute Gasteiger partial charge is 0.296 e. The fourth-order valence-electron chi connectivity index (χ4n) is 4.25. The van der Waals surface area contributed by atoms with Gasteiger partial charge in [-0.2, -0.15) is 15.0 Å². The van der Waals surface area contributed by atoms with Crippen LogP contribution in [0.4, 0.5) is 20.7 Å². The van der Waals surface area contributed by atoms with Crippen LogP contribution in [0.1, 0.15) is 31.5 Å². The van der Waals surface area contributed by atoms with Gasteiger partial charge in [0.15, 0.2) is 5.82 Å². The second kappa shape index (κ2) is 9.84. The molecule has 2 aliphatic heterocycles. The molecule has 12 heteroatoms. The van der Waals surface area contributed by atoms with E-state index in [0.717, 1.165) is 32.4 Å². The molecule has 180 valence electrons. The Morgan fingerprint density at radius 2 is 1.71 bits per heavy atom. The zero-order valence-electron chi connectivity index (χ0n) is 18.7. The summed E-state index contributed by atoms with van der Waals surface area (Å²) < 4.78 is 34.5. The molecule has 3 aromatic rings. The van der Waals surface area contributed by atoms with Gasteiger partial charge in [0.25, 0.3) is 6.43 Å². The van der Waals surface area contributed by atoms with Crippen molar-refractivity contribution in [2.45, 2.75) is 25.7 Å². The Labute approximate surface area is 195 Å². The molecular formula is C22H26F2N8O2. The van der Waals surface area contributed by atoms with E-state index in [0.29, 0.717) is 43.3 Å². The largest absolute Gasteiger partial charge is 0.378 e. The molecule has 0 aliphatic carbocycles. The van der Waals surface area contributed by atoms with E-state index in [-0.39, 0.29) is 24.3 Å². The lowest BCUT2D eigenvalue weighted by Gasteiger charge is -2.28. The van der Waals surface area contributed by atoms with Gasteiger partial charge in [0.2, 0.25) is 23.8 Å². The lowest BCUT2D eigenvalue weighted by Crippen LogP contribution is -2.39. The lowest BCUT2D eigenvalue weighted by molar-refractivity contribution is -0.130. The second-order valence-electron chi connectivity index (χ2n) is 8.25. The number of carbonyl (C=O) groups is 1. The van der Waals surface area contributed by atoms with Gasteiger partial charge in [0, 0.05) is 26.2 Å². The Morgan fingerprint density at radius 3 is 2.47 bits per heavy atom. The van der Waals surface area contributed by atoms with Gasteiger partial charge in [-0.25, -0.2) is 13.8 Å². The zero-order chi connectivity index (χ0) is 23.5. The number of imidazole rings is 1. The van der Waals surface area contributed by atoms with Crippen LogP contribution in [0, 0.1) is 0 Å². The molecule has 34 heavy (non-hydrogen) atoms. The fraction of sp³-hybridized carbons (Fsp3) is 0.500. The Balaban J connectivity index is 1.51. The zero-order valence-corrected chi connectivity index (χ0v) is 18.7. The third-order valence-electron chi connectivity index (χ3n) is 5.99. The molecule has 2 fully saturated rings. The van der Waals surface area contributed by atoms with Crippen molar-refractivity contribution in [3.63, 3.8) is 0 Å². The normalized spacial score (nSPS) is 16.9. The molecule has 1 aromatic carbocycles. The standard InChI is InChI=1S/C22H26F2N8O2/c23-18(24)19-26-15-6-2-3-7-16(15)32(19)22-28-20(25-14-17(33)30-8-4-1-5-9-30)27-21(29-22)31-10-12-34-13-11-31/h2-3,6-7,18H,1,4-5,8-14H2,(H,25,27,28,29). The maximum atomic E-state index is 13.9. The molecule has 0 radical (unpaired) electrons. The molecular weight excluding hydrogens is 446 g/mol. The summed E-state index contributed by atoms with van der Waals surface area (Å²) in [5.74, 6) is 0.00841. The molecule has 5 rings (SSSR count). The summed E-state index contributed by atoms with van der Waals surface area (Å²) >= 11 is 0. The monoisotopic (exact) mass is 472 g/mol. The van der Waals surface area contributed by atoms with E-state index in [4.69, 9.17) is 4.74 Å². The molecule has 0 saturated carbocycles. The fourth-order valence-corrected chi connectivity index (χ4v) is 4.25. The average Bonchev–Trinajstić information content (AvgIpc) is 3.28. The predicted octanol–water partition coefficient (Wildman–Crippen LogP) is 2.41. The Bertz CT molecular complexity index is 1160. The topological polar surface area (TPSA) is 101 Å². The SMILES string of the molecule is O=C(CNc1nc(N2CCOCC2)nc(-n2c(C(F)F)nc3ccccc32)n1)N1CCCCC1. The van der Waals surface area contributed by atoms with E-state index in [9.17, 15) is 13.6 Å². The molecule has 10 nitrogen and oxygen atoms in total. The predicted molar refractivity (Wildman–Crippen MR) is 121 cm³/mol. The van der Waals surface area contributed by atoms with Gasteiger partial charge < -0.3 is 19.9 Å². The summed E-state index contributed by atoms with van der Waals surface area (Å²) in [6, 6.07) is 6.84. The van der Waals surface area contributed by atoms with Crippen LogP contribution in [0.25, 0.3) is 17.0 Å². The number of morpholine rings is 1. The highest BCUT2D eigenvalue weighted by molar-refractivity contribution is 5.80. The highest BCUT2D eigenvalue weighted by Gasteiger charge is 2.25. The molecule has 4 heterocycles. The van der Waals surface area contributed by atoms with Crippen LogP contribution < -0.4 is 10.2 Å². The van der Waals surface area contributed by atoms with Crippen LogP contribution in [0.5, 0.6) is 0 Å². The first-order chi connectivity index (χ1) is 16.6. The lowest BCUT2D eigenvalue weighted by atomic mass is 10.1. The quantitative estimate of drug-likeness (QED) is 0.584. The number of para-hydroxylation sites is 2. The number of nitrogens with one attached hydrogen (secondary N) is 1. The van der Waals surface area contributed by atoms with Crippen LogP contribution in [0.15, 0.2) is 24.3 Å². The Kier molecular flexibility index (Phi) is 6.48. The molecule has 2 aliphatic rings. The number of carbonyl (C=O) groups excluding carboxylic acids is 1. The van der Waals surface area contributed by atoms with Crippen molar-refractivity contribution >= 4 is 28.8 Å². The van der Waals surface area contributed by atoms with Crippen LogP contribution >= 0.6 is 0 Å². The van der Waals surface area contributed by atoms with Crippen molar-refractivity contribution in [1.82, 2.24) is 29.4 Å². The van der Waals surface area contributed by atoms with Crippen LogP contribution in [0.3, 0.4) is 0 Å². The number of anilines is 2. The van der Waals surface area contributed by atoms with Crippen LogP contribution in [-0.2, 0) is 9.53 Å². The van der Waals surface area contributed by atoms with Crippen molar-refractivity contribution in [1.29, 1.82) is 0 Å². The highest BCUT2D eigenvalue weighted by Crippen LogP contribution is 2.27. The van der Waals surface area contributed by atoms with Crippen LogP contribution in [-0.4, -0.2) is 81.2 Å². The molecule has 1 amide bonds. The number of piperidine rings is 1. The van der Waals surface area contributed by atoms with Gasteiger partial charge in [-0.05, 0) is 31.4 Å². The maximum absolute atomic E-state index is 13.9. The van der Waals surface area contributed by atoms with E-state index < -0.39 is 12.2 Å². The molecule has 2 aromatic heterocycles. The van der Waals surface area contributed by atoms with Gasteiger partial charge in [-0.1, -0.05) is 12.1 Å². The molecule has 1 N–H and O–H groups in total. The van der Waals surface area contributed by atoms with Crippen molar-refractivity contribution in [3.8, 4) is 5.95 Å². The van der Waals surface area contributed by atoms with E-state index in [1.807, 2.05) is 9.80 Å². The highest BCUT2D eigenvalue weighted by atomic mass is 19.3. The van der Waals surface area contributed by atoms with Crippen LogP contribution in [0.2, 0.25) is 0 Å². The summed E-state index contributed by atoms with van der Waals surface area (Å²) in [5, 5.41) is 2.99. The number of halogens is 2. The van der Waals surface area contributed by atoms with E-state index >= 15 is 0 Å². The van der Waals surface area contributed by atoms with E-state index in [2.05, 4.69) is 25.3 Å². The van der Waals surface area contributed by atoms with Gasteiger partial charge in [0.1, 0.15) is 0 Å². The number of fused-ring (bicyclic) bond motifs is 1. The molecule has 2 saturated heterocycles. The summed E-state index contributed by atoms with van der Waals surface area (Å²) in [6.45, 7) is 3.62. The van der Waals surface area contributed by atoms with Crippen molar-refractivity contribution in [3.05, 3.63) is 30.1 Å². The summed E-state index contributed by atoms with van der Waals surface area (Å²) in [5.41, 5.74) is 0.883. The summed E-state index contributed by atoms with van der Waals surface area (Å²) in [7, 11) is 0. The molecule has 0 atom stereocenters. The van der Waals surface area contributed by atoms with E-state index in [1.165, 1.54) is 4.57 Å². The maximum Gasteiger partial charge on any atom is 0.296 e. The summed E-state index contributed by atoms with van der Waals surface area (Å²) in [4.78, 5) is 33.9. The van der Waals surface area contributed by atoms with Gasteiger partial charge >= 0.3 is 0 Å². The van der Waals surface area contributed by atoms with E-state index in [1.54, 1.807) is 24.3 Å². The van der Waals surface area contributed by atoms with Crippen molar-refractivity contribution < 1.29 is 18.3 Å². The molecule has 0 spiro atoms. The van der Waals surface area contributed by atoms with Gasteiger partial charge in [-0.15, -0.1) is 0 Å². The van der Waals surface area contributed by atoms with Gasteiger partial charge in [-0.3, -0.25) is 9.36 Å². The first-order valence-electron chi connectivity index (χ1n) is 11.5. The minimum Gasteiger partial charge on any atom is -0.378 e. The Hall–Kier alpha value is -3.41. The number of nitrogens with zero attached hydrogens (tertiary/aromatic N) is 7. The van der Waals surface area contributed by atoms with Crippen molar-refractivity contribution in [2.24, 2.45) is 0 Å². The number of aromatic nitrogens is 5. The number of benzene rings is 1. The minimum atomic E-state index is -2.83. The number of amides is 1. The number of rotatable bonds is 6. The number of hydrogen-bond acceptors (Lipinski definition) is 8. The summed E-state index contributed by atoms with van der Waals surface area (Å²) in [6.07, 6.45) is 0.287. The number of alkyl halides is 2. The average molecular weight is 473 g/mol. The first kappa shape index (κ1) is 22.4. The Morgan fingerprint density at radius 1 is 0.971 bits per heavy atom. The molecule has 0 bridgehead atoms. The third-order valence-corrected chi connectivity index (χ3v) is 5.99. The first-order valence-corrected chi connectivity index (χ1v) is 11.5. The number of hydrogen-bond donors (Lipinski definition) is 1. The minimum absolute atomic E-state index is 0.0123.